The van der Waals surface area contributed by atoms with Crippen molar-refractivity contribution < 1.29 is 5.11 Å². The number of aryl methyl sites for hydroxylation is 2. The van der Waals surface area contributed by atoms with Crippen LogP contribution in [0.25, 0.3) is 0 Å². The molecule has 0 aliphatic carbocycles. The minimum atomic E-state index is 0.322. The van der Waals surface area contributed by atoms with Gasteiger partial charge in [-0.05, 0) is 31.0 Å². The molecular formula is C16H20O. The first-order chi connectivity index (χ1) is 8.22. The van der Waals surface area contributed by atoms with Crippen LogP contribution in [-0.2, 0) is 6.42 Å². The summed E-state index contributed by atoms with van der Waals surface area (Å²) in [6.07, 6.45) is 2.45. The lowest BCUT2D eigenvalue weighted by Gasteiger charge is -1.97. The van der Waals surface area contributed by atoms with Crippen molar-refractivity contribution in [3.63, 3.8) is 0 Å². The number of hydrogen-bond acceptors (Lipinski definition) is 1. The predicted octanol–water partition coefficient (Wildman–Crippen LogP) is 4.34. The number of rotatable bonds is 2. The summed E-state index contributed by atoms with van der Waals surface area (Å²) in [7, 11) is 0. The first-order valence-electron chi connectivity index (χ1n) is 6.02. The maximum absolute atomic E-state index is 8.63. The number of aromatic hydroxyl groups is 1. The van der Waals surface area contributed by atoms with Gasteiger partial charge in [-0.2, -0.15) is 0 Å². The highest BCUT2D eigenvalue weighted by atomic mass is 16.3. The van der Waals surface area contributed by atoms with Crippen LogP contribution in [0.4, 0.5) is 0 Å². The standard InChI is InChI=1S/C10H14.C6H6O/c1-3-5-10-7-4-6-9(2)8-10;7-6-4-2-1-3-5-6/h4,6-8H,3,5H2,1-2H3;1-5,7H. The molecule has 0 aliphatic rings. The topological polar surface area (TPSA) is 20.2 Å². The van der Waals surface area contributed by atoms with Gasteiger partial charge in [0.1, 0.15) is 5.75 Å². The van der Waals surface area contributed by atoms with Crippen molar-refractivity contribution in [2.75, 3.05) is 0 Å². The second-order valence-electron chi connectivity index (χ2n) is 4.07. The van der Waals surface area contributed by atoms with Gasteiger partial charge in [-0.25, -0.2) is 0 Å². The van der Waals surface area contributed by atoms with E-state index in [0.29, 0.717) is 5.75 Å². The van der Waals surface area contributed by atoms with Crippen LogP contribution in [0.2, 0.25) is 0 Å². The second kappa shape index (κ2) is 7.50. The minimum Gasteiger partial charge on any atom is -0.508 e. The van der Waals surface area contributed by atoms with E-state index in [9.17, 15) is 0 Å². The molecule has 0 spiro atoms. The third-order valence-electron chi connectivity index (χ3n) is 2.38. The Morgan fingerprint density at radius 1 is 0.941 bits per heavy atom. The van der Waals surface area contributed by atoms with Crippen molar-refractivity contribution in [3.8, 4) is 5.75 Å². The quantitative estimate of drug-likeness (QED) is 0.810. The van der Waals surface area contributed by atoms with Gasteiger partial charge >= 0.3 is 0 Å². The Kier molecular flexibility index (Phi) is 5.87. The molecule has 2 aromatic rings. The summed E-state index contributed by atoms with van der Waals surface area (Å²) in [6, 6.07) is 17.4. The van der Waals surface area contributed by atoms with Crippen LogP contribution in [-0.4, -0.2) is 5.11 Å². The first kappa shape index (κ1) is 13.3. The Bertz CT molecular complexity index is 421. The van der Waals surface area contributed by atoms with Crippen molar-refractivity contribution in [2.45, 2.75) is 26.7 Å². The lowest BCUT2D eigenvalue weighted by atomic mass is 10.1. The zero-order valence-electron chi connectivity index (χ0n) is 10.6. The molecule has 0 heterocycles. The molecule has 17 heavy (non-hydrogen) atoms. The summed E-state index contributed by atoms with van der Waals surface area (Å²) >= 11 is 0. The smallest absolute Gasteiger partial charge is 0.115 e. The molecule has 2 rings (SSSR count). The van der Waals surface area contributed by atoms with Crippen LogP contribution in [0.3, 0.4) is 0 Å². The SMILES string of the molecule is CCCc1cccc(C)c1.Oc1ccccc1. The number of phenolic OH excluding ortho intramolecular Hbond substituents is 1. The van der Waals surface area contributed by atoms with Crippen molar-refractivity contribution in [1.82, 2.24) is 0 Å². The number of hydrogen-bond donors (Lipinski definition) is 1. The van der Waals surface area contributed by atoms with Gasteiger partial charge in [0.15, 0.2) is 0 Å². The maximum atomic E-state index is 8.63. The van der Waals surface area contributed by atoms with Crippen molar-refractivity contribution in [2.24, 2.45) is 0 Å². The molecule has 2 aromatic carbocycles. The Balaban J connectivity index is 0.000000181. The van der Waals surface area contributed by atoms with Crippen LogP contribution in [0.5, 0.6) is 5.75 Å². The third kappa shape index (κ3) is 5.76. The minimum absolute atomic E-state index is 0.322. The van der Waals surface area contributed by atoms with Gasteiger partial charge < -0.3 is 5.11 Å². The molecular weight excluding hydrogens is 208 g/mol. The maximum Gasteiger partial charge on any atom is 0.115 e. The average molecular weight is 228 g/mol. The fourth-order valence-corrected chi connectivity index (χ4v) is 1.58. The number of phenols is 1. The molecule has 1 nitrogen and oxygen atoms in total. The molecule has 0 saturated carbocycles. The van der Waals surface area contributed by atoms with Gasteiger partial charge in [-0.3, -0.25) is 0 Å². The first-order valence-corrected chi connectivity index (χ1v) is 6.02. The molecule has 0 atom stereocenters. The zero-order chi connectivity index (χ0) is 12.5. The van der Waals surface area contributed by atoms with Crippen molar-refractivity contribution >= 4 is 0 Å². The van der Waals surface area contributed by atoms with E-state index in [2.05, 4.69) is 38.1 Å². The Labute approximate surface area is 104 Å². The van der Waals surface area contributed by atoms with E-state index in [1.807, 2.05) is 6.07 Å². The highest BCUT2D eigenvalue weighted by Gasteiger charge is 1.88. The summed E-state index contributed by atoms with van der Waals surface area (Å²) in [5, 5.41) is 8.63. The molecule has 0 fully saturated rings. The molecule has 1 N–H and O–H groups in total. The van der Waals surface area contributed by atoms with E-state index in [0.717, 1.165) is 0 Å². The van der Waals surface area contributed by atoms with Crippen LogP contribution >= 0.6 is 0 Å². The largest absolute Gasteiger partial charge is 0.508 e. The summed E-state index contributed by atoms with van der Waals surface area (Å²) in [5.41, 5.74) is 2.83. The molecule has 0 aliphatic heterocycles. The Morgan fingerprint density at radius 3 is 2.12 bits per heavy atom. The molecule has 0 saturated heterocycles. The summed E-state index contributed by atoms with van der Waals surface area (Å²) in [5.74, 6) is 0.322. The molecule has 0 radical (unpaired) electrons. The molecule has 0 unspecified atom stereocenters. The van der Waals surface area contributed by atoms with Gasteiger partial charge in [-0.15, -0.1) is 0 Å². The molecule has 0 aromatic heterocycles. The Morgan fingerprint density at radius 2 is 1.65 bits per heavy atom. The van der Waals surface area contributed by atoms with Crippen LogP contribution in [0, 0.1) is 6.92 Å². The Hall–Kier alpha value is -1.76. The highest BCUT2D eigenvalue weighted by molar-refractivity contribution is 5.22. The van der Waals surface area contributed by atoms with Gasteiger partial charge in [0.25, 0.3) is 0 Å². The van der Waals surface area contributed by atoms with Gasteiger partial charge in [-0.1, -0.05) is 61.4 Å². The number of benzene rings is 2. The van der Waals surface area contributed by atoms with E-state index < -0.39 is 0 Å². The number of para-hydroxylation sites is 1. The molecule has 90 valence electrons. The van der Waals surface area contributed by atoms with E-state index in [1.54, 1.807) is 24.3 Å². The van der Waals surface area contributed by atoms with E-state index in [-0.39, 0.29) is 0 Å². The third-order valence-corrected chi connectivity index (χ3v) is 2.38. The van der Waals surface area contributed by atoms with Gasteiger partial charge in [0, 0.05) is 0 Å². The average Bonchev–Trinajstić information content (AvgIpc) is 2.31. The van der Waals surface area contributed by atoms with Crippen LogP contribution in [0.15, 0.2) is 54.6 Å². The molecule has 1 heteroatoms. The summed E-state index contributed by atoms with van der Waals surface area (Å²) < 4.78 is 0. The lowest BCUT2D eigenvalue weighted by Crippen LogP contribution is -1.82. The van der Waals surface area contributed by atoms with E-state index >= 15 is 0 Å². The highest BCUT2D eigenvalue weighted by Crippen LogP contribution is 2.05. The molecule has 0 bridgehead atoms. The summed E-state index contributed by atoms with van der Waals surface area (Å²) in [6.45, 7) is 4.35. The van der Waals surface area contributed by atoms with E-state index in [4.69, 9.17) is 5.11 Å². The van der Waals surface area contributed by atoms with Gasteiger partial charge in [0.05, 0.1) is 0 Å². The van der Waals surface area contributed by atoms with Crippen LogP contribution < -0.4 is 0 Å². The van der Waals surface area contributed by atoms with Gasteiger partial charge in [0.2, 0.25) is 0 Å². The van der Waals surface area contributed by atoms with Crippen LogP contribution in [0.1, 0.15) is 24.5 Å². The molecule has 0 amide bonds. The van der Waals surface area contributed by atoms with Crippen molar-refractivity contribution in [1.29, 1.82) is 0 Å². The normalized spacial score (nSPS) is 9.29. The van der Waals surface area contributed by atoms with E-state index in [1.165, 1.54) is 24.0 Å². The second-order valence-corrected chi connectivity index (χ2v) is 4.07. The van der Waals surface area contributed by atoms with Crippen molar-refractivity contribution in [3.05, 3.63) is 65.7 Å². The fourth-order valence-electron chi connectivity index (χ4n) is 1.58. The predicted molar refractivity (Wildman–Crippen MR) is 73.3 cm³/mol. The fraction of sp³-hybridized carbons (Fsp3) is 0.250. The lowest BCUT2D eigenvalue weighted by molar-refractivity contribution is 0.475. The zero-order valence-corrected chi connectivity index (χ0v) is 10.6. The monoisotopic (exact) mass is 228 g/mol. The summed E-state index contributed by atoms with van der Waals surface area (Å²) in [4.78, 5) is 0.